The summed E-state index contributed by atoms with van der Waals surface area (Å²) in [7, 11) is 3.07. The first-order chi connectivity index (χ1) is 8.80. The maximum atomic E-state index is 11.1. The maximum absolute atomic E-state index is 11.1. The van der Waals surface area contributed by atoms with Gasteiger partial charge in [-0.2, -0.15) is 0 Å². The van der Waals surface area contributed by atoms with Gasteiger partial charge in [0.15, 0.2) is 24.1 Å². The lowest BCUT2D eigenvalue weighted by atomic mass is 10.1. The second-order valence-electron chi connectivity index (χ2n) is 3.88. The predicted molar refractivity (Wildman–Crippen MR) is 64.2 cm³/mol. The van der Waals surface area contributed by atoms with Gasteiger partial charge in [-0.05, 0) is 18.6 Å². The van der Waals surface area contributed by atoms with E-state index in [2.05, 4.69) is 0 Å². The second-order valence-corrected chi connectivity index (χ2v) is 3.88. The molecule has 0 bridgehead atoms. The number of benzene rings is 1. The molecule has 0 amide bonds. The van der Waals surface area contributed by atoms with Crippen molar-refractivity contribution in [3.63, 3.8) is 0 Å². The van der Waals surface area contributed by atoms with Crippen LogP contribution in [0.15, 0.2) is 12.1 Å². The fourth-order valence-corrected chi connectivity index (χ4v) is 1.88. The van der Waals surface area contributed by atoms with E-state index in [0.29, 0.717) is 35.8 Å². The average molecular weight is 252 g/mol. The Labute approximate surface area is 106 Å². The third kappa shape index (κ3) is 2.47. The Morgan fingerprint density at radius 2 is 1.78 bits per heavy atom. The molecule has 1 heterocycles. The Balaban J connectivity index is 2.40. The van der Waals surface area contributed by atoms with E-state index in [0.717, 1.165) is 12.7 Å². The van der Waals surface area contributed by atoms with Gasteiger partial charge in [-0.1, -0.05) is 0 Å². The smallest absolute Gasteiger partial charge is 0.184 e. The van der Waals surface area contributed by atoms with Gasteiger partial charge >= 0.3 is 0 Å². The quantitative estimate of drug-likeness (QED) is 0.767. The lowest BCUT2D eigenvalue weighted by molar-refractivity contribution is -0.183. The Morgan fingerprint density at radius 1 is 1.17 bits per heavy atom. The summed E-state index contributed by atoms with van der Waals surface area (Å²) >= 11 is 0. The minimum Gasteiger partial charge on any atom is -0.493 e. The third-order valence-electron chi connectivity index (χ3n) is 2.80. The van der Waals surface area contributed by atoms with Crippen LogP contribution in [0.5, 0.6) is 11.5 Å². The minimum atomic E-state index is -0.515. The summed E-state index contributed by atoms with van der Waals surface area (Å²) in [6.07, 6.45) is 1.11. The molecule has 0 spiro atoms. The first-order valence-corrected chi connectivity index (χ1v) is 5.74. The number of ether oxygens (including phenoxy) is 4. The average Bonchev–Trinajstić information content (AvgIpc) is 2.46. The van der Waals surface area contributed by atoms with Gasteiger partial charge in [0.1, 0.15) is 0 Å². The van der Waals surface area contributed by atoms with Crippen molar-refractivity contribution in [2.45, 2.75) is 12.7 Å². The lowest BCUT2D eigenvalue weighted by Crippen LogP contribution is -2.19. The van der Waals surface area contributed by atoms with Crippen LogP contribution >= 0.6 is 0 Å². The van der Waals surface area contributed by atoms with Gasteiger partial charge in [0.25, 0.3) is 0 Å². The summed E-state index contributed by atoms with van der Waals surface area (Å²) in [6, 6.07) is 3.35. The molecule has 2 rings (SSSR count). The van der Waals surface area contributed by atoms with Crippen LogP contribution in [0.2, 0.25) is 0 Å². The van der Waals surface area contributed by atoms with E-state index in [1.54, 1.807) is 19.2 Å². The van der Waals surface area contributed by atoms with E-state index in [1.807, 2.05) is 0 Å². The van der Waals surface area contributed by atoms with Crippen molar-refractivity contribution in [3.05, 3.63) is 23.3 Å². The molecule has 1 saturated heterocycles. The summed E-state index contributed by atoms with van der Waals surface area (Å²) in [5.74, 6) is 1.06. The highest BCUT2D eigenvalue weighted by molar-refractivity contribution is 5.79. The molecule has 1 aliphatic rings. The van der Waals surface area contributed by atoms with Crippen LogP contribution < -0.4 is 9.47 Å². The van der Waals surface area contributed by atoms with Gasteiger partial charge < -0.3 is 18.9 Å². The molecule has 0 unspecified atom stereocenters. The molecule has 0 aromatic heterocycles. The first kappa shape index (κ1) is 12.9. The van der Waals surface area contributed by atoms with Gasteiger partial charge in [0.05, 0.1) is 27.4 Å². The van der Waals surface area contributed by atoms with Crippen molar-refractivity contribution < 1.29 is 23.7 Å². The molecular weight excluding hydrogens is 236 g/mol. The highest BCUT2D eigenvalue weighted by atomic mass is 16.7. The monoisotopic (exact) mass is 252 g/mol. The molecule has 98 valence electrons. The van der Waals surface area contributed by atoms with Gasteiger partial charge in [-0.15, -0.1) is 0 Å². The van der Waals surface area contributed by atoms with Crippen LogP contribution in [0.1, 0.15) is 28.6 Å². The van der Waals surface area contributed by atoms with Crippen molar-refractivity contribution >= 4 is 6.29 Å². The van der Waals surface area contributed by atoms with Crippen molar-refractivity contribution in [2.75, 3.05) is 27.4 Å². The second kappa shape index (κ2) is 5.84. The fourth-order valence-electron chi connectivity index (χ4n) is 1.88. The van der Waals surface area contributed by atoms with Crippen LogP contribution in [0.25, 0.3) is 0 Å². The zero-order valence-electron chi connectivity index (χ0n) is 10.5. The van der Waals surface area contributed by atoms with Crippen LogP contribution in [0.3, 0.4) is 0 Å². The largest absolute Gasteiger partial charge is 0.493 e. The van der Waals surface area contributed by atoms with Crippen LogP contribution in [-0.4, -0.2) is 33.7 Å². The van der Waals surface area contributed by atoms with E-state index in [-0.39, 0.29) is 0 Å². The summed E-state index contributed by atoms with van der Waals surface area (Å²) in [4.78, 5) is 11.1. The van der Waals surface area contributed by atoms with Crippen molar-refractivity contribution in [1.82, 2.24) is 0 Å². The van der Waals surface area contributed by atoms with Crippen LogP contribution in [0, 0.1) is 0 Å². The molecule has 0 N–H and O–H groups in total. The van der Waals surface area contributed by atoms with Crippen molar-refractivity contribution in [3.8, 4) is 11.5 Å². The normalized spacial score (nSPS) is 16.3. The Morgan fingerprint density at radius 3 is 2.33 bits per heavy atom. The molecule has 1 fully saturated rings. The summed E-state index contributed by atoms with van der Waals surface area (Å²) < 4.78 is 21.4. The molecule has 5 nitrogen and oxygen atoms in total. The van der Waals surface area contributed by atoms with E-state index in [1.165, 1.54) is 7.11 Å². The van der Waals surface area contributed by atoms with E-state index < -0.39 is 6.29 Å². The summed E-state index contributed by atoms with van der Waals surface area (Å²) in [5, 5.41) is 0. The lowest BCUT2D eigenvalue weighted by Gasteiger charge is -2.25. The van der Waals surface area contributed by atoms with E-state index in [9.17, 15) is 4.79 Å². The number of rotatable bonds is 4. The fraction of sp³-hybridized carbons (Fsp3) is 0.462. The minimum absolute atomic E-state index is 0.486. The van der Waals surface area contributed by atoms with Crippen molar-refractivity contribution in [1.29, 1.82) is 0 Å². The molecule has 1 aromatic rings. The SMILES string of the molecule is COc1cc(C=O)c(C2OCCCO2)cc1OC. The number of hydrogen-bond acceptors (Lipinski definition) is 5. The Bertz CT molecular complexity index is 424. The number of carbonyl (C=O) groups is 1. The van der Waals surface area contributed by atoms with Gasteiger partial charge in [-0.3, -0.25) is 4.79 Å². The van der Waals surface area contributed by atoms with E-state index in [4.69, 9.17) is 18.9 Å². The van der Waals surface area contributed by atoms with Crippen LogP contribution in [-0.2, 0) is 9.47 Å². The molecule has 1 aromatic carbocycles. The topological polar surface area (TPSA) is 54.0 Å². The zero-order valence-corrected chi connectivity index (χ0v) is 10.5. The predicted octanol–water partition coefficient (Wildman–Crippen LogP) is 1.95. The molecule has 0 aliphatic carbocycles. The highest BCUT2D eigenvalue weighted by Crippen LogP contribution is 2.35. The summed E-state index contributed by atoms with van der Waals surface area (Å²) in [5.41, 5.74) is 1.15. The number of aldehydes is 1. The molecule has 0 radical (unpaired) electrons. The number of methoxy groups -OCH3 is 2. The standard InChI is InChI=1S/C13H16O5/c1-15-11-6-9(8-14)10(7-12(11)16-2)13-17-4-3-5-18-13/h6-8,13H,3-5H2,1-2H3. The van der Waals surface area contributed by atoms with Crippen molar-refractivity contribution in [2.24, 2.45) is 0 Å². The highest BCUT2D eigenvalue weighted by Gasteiger charge is 2.22. The number of hydrogen-bond donors (Lipinski definition) is 0. The Hall–Kier alpha value is -1.59. The number of carbonyl (C=O) groups excluding carboxylic acids is 1. The molecular formula is C13H16O5. The molecule has 0 saturated carbocycles. The molecule has 18 heavy (non-hydrogen) atoms. The van der Waals surface area contributed by atoms with Gasteiger partial charge in [-0.25, -0.2) is 0 Å². The van der Waals surface area contributed by atoms with Gasteiger partial charge in [0, 0.05) is 11.1 Å². The summed E-state index contributed by atoms with van der Waals surface area (Å²) in [6.45, 7) is 1.24. The van der Waals surface area contributed by atoms with E-state index >= 15 is 0 Å². The first-order valence-electron chi connectivity index (χ1n) is 5.74. The Kier molecular flexibility index (Phi) is 4.17. The maximum Gasteiger partial charge on any atom is 0.184 e. The zero-order chi connectivity index (χ0) is 13.0. The molecule has 0 atom stereocenters. The third-order valence-corrected chi connectivity index (χ3v) is 2.80. The molecule has 5 heteroatoms. The molecule has 1 aliphatic heterocycles. The van der Waals surface area contributed by atoms with Gasteiger partial charge in [0.2, 0.25) is 0 Å². The van der Waals surface area contributed by atoms with Crippen LogP contribution in [0.4, 0.5) is 0 Å².